The van der Waals surface area contributed by atoms with E-state index in [0.29, 0.717) is 11.6 Å². The van der Waals surface area contributed by atoms with Crippen LogP contribution in [0.3, 0.4) is 0 Å². The summed E-state index contributed by atoms with van der Waals surface area (Å²) in [5.41, 5.74) is 1.55. The Hall–Kier alpha value is -2.83. The van der Waals surface area contributed by atoms with Crippen LogP contribution in [0.1, 0.15) is 18.6 Å². The van der Waals surface area contributed by atoms with Crippen molar-refractivity contribution in [3.63, 3.8) is 0 Å². The molecule has 0 aliphatic heterocycles. The maximum Gasteiger partial charge on any atom is 0.244 e. The number of benzene rings is 1. The molecule has 1 saturated carbocycles. The van der Waals surface area contributed by atoms with E-state index < -0.39 is 0 Å². The highest BCUT2D eigenvalue weighted by Crippen LogP contribution is 2.30. The SMILES string of the molecule is Cc1cc(NC(=O)CNc2ccc(NC(=O)C3CC3)cc2)no1. The molecule has 0 atom stereocenters. The molecule has 0 spiro atoms. The Morgan fingerprint density at radius 1 is 1.17 bits per heavy atom. The van der Waals surface area contributed by atoms with Crippen LogP contribution in [0.25, 0.3) is 0 Å². The van der Waals surface area contributed by atoms with Gasteiger partial charge in [-0.2, -0.15) is 0 Å². The van der Waals surface area contributed by atoms with Gasteiger partial charge in [0.2, 0.25) is 11.8 Å². The summed E-state index contributed by atoms with van der Waals surface area (Å²) in [6.07, 6.45) is 1.96. The van der Waals surface area contributed by atoms with Crippen LogP contribution in [0.4, 0.5) is 17.2 Å². The summed E-state index contributed by atoms with van der Waals surface area (Å²) in [6.45, 7) is 1.87. The van der Waals surface area contributed by atoms with E-state index in [0.717, 1.165) is 24.2 Å². The van der Waals surface area contributed by atoms with Crippen molar-refractivity contribution in [2.24, 2.45) is 5.92 Å². The zero-order valence-corrected chi connectivity index (χ0v) is 12.8. The van der Waals surface area contributed by atoms with E-state index in [2.05, 4.69) is 21.1 Å². The zero-order chi connectivity index (χ0) is 16.2. The predicted octanol–water partition coefficient (Wildman–Crippen LogP) is 2.38. The van der Waals surface area contributed by atoms with Crippen molar-refractivity contribution in [3.8, 4) is 0 Å². The van der Waals surface area contributed by atoms with E-state index in [4.69, 9.17) is 4.52 Å². The van der Waals surface area contributed by atoms with Crippen LogP contribution in [0.15, 0.2) is 34.9 Å². The first-order valence-corrected chi connectivity index (χ1v) is 7.48. The number of hydrogen-bond donors (Lipinski definition) is 3. The van der Waals surface area contributed by atoms with Crippen LogP contribution >= 0.6 is 0 Å². The van der Waals surface area contributed by atoms with E-state index in [1.54, 1.807) is 13.0 Å². The van der Waals surface area contributed by atoms with Gasteiger partial charge in [0.05, 0.1) is 6.54 Å². The fraction of sp³-hybridized carbons (Fsp3) is 0.312. The maximum absolute atomic E-state index is 11.8. The first-order valence-electron chi connectivity index (χ1n) is 7.48. The van der Waals surface area contributed by atoms with Gasteiger partial charge in [0.15, 0.2) is 5.82 Å². The largest absolute Gasteiger partial charge is 0.376 e. The van der Waals surface area contributed by atoms with Gasteiger partial charge < -0.3 is 20.5 Å². The fourth-order valence-corrected chi connectivity index (χ4v) is 2.06. The summed E-state index contributed by atoms with van der Waals surface area (Å²) >= 11 is 0. The quantitative estimate of drug-likeness (QED) is 0.760. The molecule has 7 nitrogen and oxygen atoms in total. The minimum Gasteiger partial charge on any atom is -0.376 e. The Kier molecular flexibility index (Phi) is 4.27. The molecule has 1 fully saturated rings. The lowest BCUT2D eigenvalue weighted by molar-refractivity contribution is -0.117. The highest BCUT2D eigenvalue weighted by atomic mass is 16.5. The van der Waals surface area contributed by atoms with Gasteiger partial charge in [-0.3, -0.25) is 9.59 Å². The van der Waals surface area contributed by atoms with Gasteiger partial charge in [0.1, 0.15) is 5.76 Å². The van der Waals surface area contributed by atoms with Crippen LogP contribution in [0.2, 0.25) is 0 Å². The van der Waals surface area contributed by atoms with E-state index in [1.807, 2.05) is 24.3 Å². The third-order valence-corrected chi connectivity index (χ3v) is 3.45. The summed E-state index contributed by atoms with van der Waals surface area (Å²) in [7, 11) is 0. The molecule has 1 aromatic carbocycles. The monoisotopic (exact) mass is 314 g/mol. The lowest BCUT2D eigenvalue weighted by Gasteiger charge is -2.08. The topological polar surface area (TPSA) is 96.3 Å². The van der Waals surface area contributed by atoms with Gasteiger partial charge in [0.25, 0.3) is 0 Å². The first kappa shape index (κ1) is 15.1. The zero-order valence-electron chi connectivity index (χ0n) is 12.8. The van der Waals surface area contributed by atoms with Gasteiger partial charge in [0, 0.05) is 23.4 Å². The molecule has 3 rings (SSSR count). The van der Waals surface area contributed by atoms with Crippen molar-refractivity contribution < 1.29 is 14.1 Å². The van der Waals surface area contributed by atoms with Gasteiger partial charge in [-0.1, -0.05) is 5.16 Å². The van der Waals surface area contributed by atoms with Crippen molar-refractivity contribution in [2.45, 2.75) is 19.8 Å². The number of anilines is 3. The number of nitrogens with one attached hydrogen (secondary N) is 3. The fourth-order valence-electron chi connectivity index (χ4n) is 2.06. The highest BCUT2D eigenvalue weighted by Gasteiger charge is 2.29. The molecule has 3 N–H and O–H groups in total. The molecule has 1 heterocycles. The molecule has 0 radical (unpaired) electrons. The first-order chi connectivity index (χ1) is 11.1. The van der Waals surface area contributed by atoms with Gasteiger partial charge >= 0.3 is 0 Å². The number of rotatable bonds is 6. The Labute approximate surface area is 133 Å². The molecule has 0 saturated heterocycles. The number of carbonyl (C=O) groups is 2. The molecule has 23 heavy (non-hydrogen) atoms. The van der Waals surface area contributed by atoms with Crippen molar-refractivity contribution in [1.82, 2.24) is 5.16 Å². The molecule has 7 heteroatoms. The average molecular weight is 314 g/mol. The van der Waals surface area contributed by atoms with E-state index in [-0.39, 0.29) is 24.3 Å². The molecule has 1 aliphatic carbocycles. The van der Waals surface area contributed by atoms with Crippen molar-refractivity contribution in [1.29, 1.82) is 0 Å². The minimum atomic E-state index is -0.218. The summed E-state index contributed by atoms with van der Waals surface area (Å²) in [6, 6.07) is 8.89. The average Bonchev–Trinajstić information content (AvgIpc) is 3.31. The summed E-state index contributed by atoms with van der Waals surface area (Å²) < 4.78 is 4.87. The molecular formula is C16H18N4O3. The van der Waals surface area contributed by atoms with Gasteiger partial charge in [-0.05, 0) is 44.0 Å². The van der Waals surface area contributed by atoms with Crippen LogP contribution < -0.4 is 16.0 Å². The summed E-state index contributed by atoms with van der Waals surface area (Å²) in [4.78, 5) is 23.4. The predicted molar refractivity (Wildman–Crippen MR) is 86.2 cm³/mol. The lowest BCUT2D eigenvalue weighted by Crippen LogP contribution is -2.21. The van der Waals surface area contributed by atoms with Crippen molar-refractivity contribution in [2.75, 3.05) is 22.5 Å². The second-order valence-corrected chi connectivity index (χ2v) is 5.57. The van der Waals surface area contributed by atoms with E-state index in [1.165, 1.54) is 0 Å². The van der Waals surface area contributed by atoms with E-state index in [9.17, 15) is 9.59 Å². The van der Waals surface area contributed by atoms with Crippen LogP contribution in [0.5, 0.6) is 0 Å². The third-order valence-electron chi connectivity index (χ3n) is 3.45. The minimum absolute atomic E-state index is 0.0768. The Bertz CT molecular complexity index is 704. The summed E-state index contributed by atoms with van der Waals surface area (Å²) in [5.74, 6) is 1.07. The number of hydrogen-bond acceptors (Lipinski definition) is 5. The lowest BCUT2D eigenvalue weighted by atomic mass is 10.2. The van der Waals surface area contributed by atoms with Gasteiger partial charge in [-0.15, -0.1) is 0 Å². The highest BCUT2D eigenvalue weighted by molar-refractivity contribution is 5.94. The second-order valence-electron chi connectivity index (χ2n) is 5.57. The summed E-state index contributed by atoms with van der Waals surface area (Å²) in [5, 5.41) is 12.2. The number of amides is 2. The van der Waals surface area contributed by atoms with Crippen molar-refractivity contribution in [3.05, 3.63) is 36.1 Å². The molecule has 2 amide bonds. The Morgan fingerprint density at radius 3 is 2.48 bits per heavy atom. The third kappa shape index (κ3) is 4.32. The molecule has 1 aromatic heterocycles. The van der Waals surface area contributed by atoms with Crippen molar-refractivity contribution >= 4 is 29.0 Å². The Balaban J connectivity index is 1.46. The molecule has 1 aliphatic rings. The number of carbonyl (C=O) groups excluding carboxylic acids is 2. The molecule has 2 aromatic rings. The van der Waals surface area contributed by atoms with Crippen LogP contribution in [0, 0.1) is 12.8 Å². The number of aryl methyl sites for hydroxylation is 1. The Morgan fingerprint density at radius 2 is 1.87 bits per heavy atom. The molecular weight excluding hydrogens is 296 g/mol. The normalized spacial score (nSPS) is 13.4. The smallest absolute Gasteiger partial charge is 0.244 e. The number of aromatic nitrogens is 1. The molecule has 0 bridgehead atoms. The standard InChI is InChI=1S/C16H18N4O3/c1-10-8-14(20-23-10)19-15(21)9-17-12-4-6-13(7-5-12)18-16(22)11-2-3-11/h4-8,11,17H,2-3,9H2,1H3,(H,18,22)(H,19,20,21). The second kappa shape index (κ2) is 6.51. The number of nitrogens with zero attached hydrogens (tertiary/aromatic N) is 1. The van der Waals surface area contributed by atoms with E-state index >= 15 is 0 Å². The molecule has 0 unspecified atom stereocenters. The van der Waals surface area contributed by atoms with Crippen LogP contribution in [-0.2, 0) is 9.59 Å². The maximum atomic E-state index is 11.8. The van der Waals surface area contributed by atoms with Gasteiger partial charge in [-0.25, -0.2) is 0 Å². The molecule has 120 valence electrons. The van der Waals surface area contributed by atoms with Crippen LogP contribution in [-0.4, -0.2) is 23.5 Å².